The zero-order valence-electron chi connectivity index (χ0n) is 13.0. The van der Waals surface area contributed by atoms with Gasteiger partial charge in [-0.2, -0.15) is 0 Å². The summed E-state index contributed by atoms with van der Waals surface area (Å²) >= 11 is 2.02. The molecule has 0 aliphatic heterocycles. The van der Waals surface area contributed by atoms with Crippen LogP contribution in [0.25, 0.3) is 0 Å². The van der Waals surface area contributed by atoms with Crippen molar-refractivity contribution in [3.05, 3.63) is 21.9 Å². The van der Waals surface area contributed by atoms with Crippen molar-refractivity contribution in [2.45, 2.75) is 51.9 Å². The molecule has 0 atom stereocenters. The molecule has 0 saturated heterocycles. The van der Waals surface area contributed by atoms with Gasteiger partial charge in [-0.25, -0.2) is 0 Å². The first kappa shape index (κ1) is 16.0. The fraction of sp³-hybridized carbons (Fsp3) is 0.765. The highest BCUT2D eigenvalue weighted by Gasteiger charge is 2.32. The number of hydrogen-bond donors (Lipinski definition) is 1. The number of aryl methyl sites for hydroxylation is 1. The van der Waals surface area contributed by atoms with Gasteiger partial charge in [0.1, 0.15) is 0 Å². The fourth-order valence-electron chi connectivity index (χ4n) is 3.32. The molecule has 114 valence electrons. The number of hydrogen-bond acceptors (Lipinski definition) is 3. The number of ether oxygens (including phenoxy) is 1. The molecule has 0 unspecified atom stereocenters. The zero-order chi connectivity index (χ0) is 14.3. The molecule has 1 aromatic rings. The van der Waals surface area contributed by atoms with Gasteiger partial charge in [0, 0.05) is 30.0 Å². The molecule has 1 aliphatic carbocycles. The minimum atomic E-state index is 0.488. The standard InChI is InChI=1S/C17H29NOS/c1-3-15-7-8-16(20-15)13-17(9-5-4-6-10-17)14-18-11-12-19-2/h7-8,18H,3-6,9-14H2,1-2H3. The first-order valence-electron chi connectivity index (χ1n) is 8.05. The van der Waals surface area contributed by atoms with Crippen molar-refractivity contribution in [1.82, 2.24) is 5.32 Å². The highest BCUT2D eigenvalue weighted by molar-refractivity contribution is 7.11. The molecule has 3 heteroatoms. The molecule has 1 fully saturated rings. The van der Waals surface area contributed by atoms with Crippen LogP contribution in [0.3, 0.4) is 0 Å². The normalized spacial score (nSPS) is 18.3. The molecule has 1 aliphatic rings. The average molecular weight is 295 g/mol. The van der Waals surface area contributed by atoms with Crippen molar-refractivity contribution in [2.24, 2.45) is 5.41 Å². The molecule has 0 spiro atoms. The molecular weight excluding hydrogens is 266 g/mol. The second-order valence-corrected chi connectivity index (χ2v) is 7.38. The Morgan fingerprint density at radius 3 is 2.60 bits per heavy atom. The highest BCUT2D eigenvalue weighted by Crippen LogP contribution is 2.40. The Morgan fingerprint density at radius 2 is 1.95 bits per heavy atom. The molecule has 20 heavy (non-hydrogen) atoms. The number of rotatable bonds is 8. The third-order valence-corrected chi connectivity index (χ3v) is 5.74. The van der Waals surface area contributed by atoms with Crippen molar-refractivity contribution in [3.8, 4) is 0 Å². The maximum absolute atomic E-state index is 5.14. The number of nitrogens with one attached hydrogen (secondary N) is 1. The maximum atomic E-state index is 5.14. The lowest BCUT2D eigenvalue weighted by Crippen LogP contribution is -2.38. The van der Waals surface area contributed by atoms with Gasteiger partial charge in [-0.1, -0.05) is 26.2 Å². The van der Waals surface area contributed by atoms with E-state index in [2.05, 4.69) is 24.4 Å². The van der Waals surface area contributed by atoms with E-state index in [0.29, 0.717) is 5.41 Å². The van der Waals surface area contributed by atoms with Crippen molar-refractivity contribution in [2.75, 3.05) is 26.8 Å². The van der Waals surface area contributed by atoms with Gasteiger partial charge in [-0.05, 0) is 43.2 Å². The van der Waals surface area contributed by atoms with E-state index in [9.17, 15) is 0 Å². The first-order valence-corrected chi connectivity index (χ1v) is 8.87. The lowest BCUT2D eigenvalue weighted by Gasteiger charge is -2.37. The van der Waals surface area contributed by atoms with Gasteiger partial charge < -0.3 is 10.1 Å². The summed E-state index contributed by atoms with van der Waals surface area (Å²) in [4.78, 5) is 3.11. The highest BCUT2D eigenvalue weighted by atomic mass is 32.1. The Labute approximate surface area is 127 Å². The Hall–Kier alpha value is -0.380. The molecule has 1 saturated carbocycles. The van der Waals surface area contributed by atoms with E-state index >= 15 is 0 Å². The summed E-state index contributed by atoms with van der Waals surface area (Å²) in [7, 11) is 1.77. The third kappa shape index (κ3) is 4.57. The summed E-state index contributed by atoms with van der Waals surface area (Å²) in [6.07, 6.45) is 9.42. The van der Waals surface area contributed by atoms with E-state index in [1.807, 2.05) is 11.3 Å². The molecule has 0 radical (unpaired) electrons. The molecule has 0 bridgehead atoms. The van der Waals surface area contributed by atoms with Gasteiger partial charge in [-0.3, -0.25) is 0 Å². The topological polar surface area (TPSA) is 21.3 Å². The van der Waals surface area contributed by atoms with Gasteiger partial charge in [0.15, 0.2) is 0 Å². The van der Waals surface area contributed by atoms with Crippen LogP contribution in [0.4, 0.5) is 0 Å². The summed E-state index contributed by atoms with van der Waals surface area (Å²) < 4.78 is 5.14. The van der Waals surface area contributed by atoms with Gasteiger partial charge in [0.05, 0.1) is 6.61 Å². The Balaban J connectivity index is 1.94. The lowest BCUT2D eigenvalue weighted by atomic mass is 9.71. The molecule has 0 aromatic carbocycles. The summed E-state index contributed by atoms with van der Waals surface area (Å²) in [6.45, 7) is 5.19. The van der Waals surface area contributed by atoms with Crippen LogP contribution in [0, 0.1) is 5.41 Å². The first-order chi connectivity index (χ1) is 9.78. The predicted octanol–water partition coefficient (Wildman–Crippen LogP) is 4.04. The predicted molar refractivity (Wildman–Crippen MR) is 87.7 cm³/mol. The number of thiophene rings is 1. The van der Waals surface area contributed by atoms with Crippen LogP contribution in [0.1, 0.15) is 48.8 Å². The molecule has 1 aromatic heterocycles. The quantitative estimate of drug-likeness (QED) is 0.731. The molecular formula is C17H29NOS. The molecule has 2 nitrogen and oxygen atoms in total. The van der Waals surface area contributed by atoms with Crippen LogP contribution in [0.15, 0.2) is 12.1 Å². The Kier molecular flexibility index (Phi) is 6.53. The second-order valence-electron chi connectivity index (χ2n) is 6.13. The van der Waals surface area contributed by atoms with E-state index in [4.69, 9.17) is 4.74 Å². The van der Waals surface area contributed by atoms with E-state index < -0.39 is 0 Å². The minimum Gasteiger partial charge on any atom is -0.383 e. The summed E-state index contributed by atoms with van der Waals surface area (Å²) in [5, 5.41) is 3.62. The average Bonchev–Trinajstić information content (AvgIpc) is 2.92. The van der Waals surface area contributed by atoms with Gasteiger partial charge in [0.25, 0.3) is 0 Å². The van der Waals surface area contributed by atoms with Crippen molar-refractivity contribution >= 4 is 11.3 Å². The maximum Gasteiger partial charge on any atom is 0.0587 e. The fourth-order valence-corrected chi connectivity index (χ4v) is 4.45. The zero-order valence-corrected chi connectivity index (χ0v) is 13.9. The minimum absolute atomic E-state index is 0.488. The van der Waals surface area contributed by atoms with Crippen molar-refractivity contribution < 1.29 is 4.74 Å². The SMILES string of the molecule is CCc1ccc(CC2(CNCCOC)CCCCC2)s1. The van der Waals surface area contributed by atoms with E-state index in [1.165, 1.54) is 49.8 Å². The molecule has 1 N–H and O–H groups in total. The second kappa shape index (κ2) is 8.16. The van der Waals surface area contributed by atoms with Crippen LogP contribution < -0.4 is 5.32 Å². The van der Waals surface area contributed by atoms with Gasteiger partial charge >= 0.3 is 0 Å². The van der Waals surface area contributed by atoms with E-state index in [1.54, 1.807) is 12.0 Å². The molecule has 0 amide bonds. The number of methoxy groups -OCH3 is 1. The van der Waals surface area contributed by atoms with Gasteiger partial charge in [-0.15, -0.1) is 11.3 Å². The van der Waals surface area contributed by atoms with Crippen LogP contribution in [0.5, 0.6) is 0 Å². The smallest absolute Gasteiger partial charge is 0.0587 e. The summed E-state index contributed by atoms with van der Waals surface area (Å²) in [5.41, 5.74) is 0.488. The summed E-state index contributed by atoms with van der Waals surface area (Å²) in [5.74, 6) is 0. The van der Waals surface area contributed by atoms with Crippen LogP contribution >= 0.6 is 11.3 Å². The largest absolute Gasteiger partial charge is 0.383 e. The lowest BCUT2D eigenvalue weighted by molar-refractivity contribution is 0.163. The Bertz CT molecular complexity index is 382. The van der Waals surface area contributed by atoms with E-state index in [-0.39, 0.29) is 0 Å². The van der Waals surface area contributed by atoms with Crippen LogP contribution in [-0.4, -0.2) is 26.8 Å². The summed E-state index contributed by atoms with van der Waals surface area (Å²) in [6, 6.07) is 4.67. The monoisotopic (exact) mass is 295 g/mol. The van der Waals surface area contributed by atoms with Crippen molar-refractivity contribution in [3.63, 3.8) is 0 Å². The molecule has 2 rings (SSSR count). The van der Waals surface area contributed by atoms with E-state index in [0.717, 1.165) is 19.7 Å². The van der Waals surface area contributed by atoms with Gasteiger partial charge in [0.2, 0.25) is 0 Å². The van der Waals surface area contributed by atoms with Crippen LogP contribution in [0.2, 0.25) is 0 Å². The Morgan fingerprint density at radius 1 is 1.20 bits per heavy atom. The third-order valence-electron chi connectivity index (χ3n) is 4.51. The molecule has 1 heterocycles. The van der Waals surface area contributed by atoms with Crippen molar-refractivity contribution in [1.29, 1.82) is 0 Å². The van der Waals surface area contributed by atoms with Crippen LogP contribution in [-0.2, 0) is 17.6 Å².